The Morgan fingerprint density at radius 2 is 2.18 bits per heavy atom. The van der Waals surface area contributed by atoms with E-state index in [1.807, 2.05) is 37.3 Å². The van der Waals surface area contributed by atoms with E-state index in [-0.39, 0.29) is 12.5 Å². The molecule has 0 aliphatic heterocycles. The van der Waals surface area contributed by atoms with Crippen molar-refractivity contribution in [3.05, 3.63) is 35.9 Å². The highest BCUT2D eigenvalue weighted by Crippen LogP contribution is 2.01. The van der Waals surface area contributed by atoms with E-state index >= 15 is 0 Å². The Kier molecular flexibility index (Phi) is 5.67. The Labute approximate surface area is 102 Å². The highest BCUT2D eigenvalue weighted by Gasteiger charge is 2.06. The molecule has 1 unspecified atom stereocenters. The van der Waals surface area contributed by atoms with E-state index in [1.165, 1.54) is 0 Å². The molecule has 1 atom stereocenters. The molecule has 1 rings (SSSR count). The summed E-state index contributed by atoms with van der Waals surface area (Å²) in [6, 6.07) is 9.54. The fourth-order valence-electron chi connectivity index (χ4n) is 1.30. The molecule has 0 aliphatic rings. The lowest BCUT2D eigenvalue weighted by Gasteiger charge is -2.10. The molecular weight excluding hydrogens is 214 g/mol. The Morgan fingerprint density at radius 1 is 1.47 bits per heavy atom. The monoisotopic (exact) mass is 231 g/mol. The molecule has 0 heterocycles. The Hall–Kier alpha value is -1.95. The topological polar surface area (TPSA) is 38.3 Å². The van der Waals surface area contributed by atoms with E-state index in [1.54, 1.807) is 0 Å². The lowest BCUT2D eigenvalue weighted by Crippen LogP contribution is -2.29. The number of alkyl carbamates (subject to hydrolysis) is 1. The first kappa shape index (κ1) is 13.1. The highest BCUT2D eigenvalue weighted by atomic mass is 16.5. The van der Waals surface area contributed by atoms with Crippen molar-refractivity contribution in [2.24, 2.45) is 5.92 Å². The van der Waals surface area contributed by atoms with Gasteiger partial charge in [0, 0.05) is 12.5 Å². The number of nitrogens with one attached hydrogen (secondary N) is 1. The summed E-state index contributed by atoms with van der Waals surface area (Å²) in [6.45, 7) is 2.72. The second kappa shape index (κ2) is 7.34. The zero-order valence-electron chi connectivity index (χ0n) is 9.98. The standard InChI is InChI=1S/C14H17NO2/c1-3-12(4-2)10-15-14(16)17-11-13-8-6-5-7-9-13/h1,5-9,12H,4,10-11H2,2H3,(H,15,16). The van der Waals surface area contributed by atoms with Crippen LogP contribution in [0.2, 0.25) is 0 Å². The van der Waals surface area contributed by atoms with Crippen LogP contribution in [0.1, 0.15) is 18.9 Å². The van der Waals surface area contributed by atoms with Crippen molar-refractivity contribution in [3.8, 4) is 12.3 Å². The van der Waals surface area contributed by atoms with Gasteiger partial charge < -0.3 is 10.1 Å². The van der Waals surface area contributed by atoms with Gasteiger partial charge in [-0.25, -0.2) is 4.79 Å². The SMILES string of the molecule is C#CC(CC)CNC(=O)OCc1ccccc1. The van der Waals surface area contributed by atoms with Crippen LogP contribution in [0.5, 0.6) is 0 Å². The van der Waals surface area contributed by atoms with Crippen LogP contribution in [0.25, 0.3) is 0 Å². The molecule has 0 bridgehead atoms. The number of amides is 1. The molecule has 0 spiro atoms. The molecule has 0 aliphatic carbocycles. The molecule has 1 aromatic carbocycles. The first-order valence-corrected chi connectivity index (χ1v) is 5.67. The first-order valence-electron chi connectivity index (χ1n) is 5.67. The molecule has 0 radical (unpaired) electrons. The van der Waals surface area contributed by atoms with E-state index in [9.17, 15) is 4.79 Å². The van der Waals surface area contributed by atoms with Crippen molar-refractivity contribution in [2.45, 2.75) is 20.0 Å². The Bertz CT molecular complexity index is 381. The molecule has 3 nitrogen and oxygen atoms in total. The van der Waals surface area contributed by atoms with Gasteiger partial charge in [0.25, 0.3) is 0 Å². The van der Waals surface area contributed by atoms with Crippen LogP contribution >= 0.6 is 0 Å². The minimum absolute atomic E-state index is 0.0688. The molecule has 1 aromatic rings. The predicted molar refractivity (Wildman–Crippen MR) is 67.2 cm³/mol. The van der Waals surface area contributed by atoms with Crippen molar-refractivity contribution in [1.29, 1.82) is 0 Å². The van der Waals surface area contributed by atoms with Crippen LogP contribution in [0, 0.1) is 18.3 Å². The van der Waals surface area contributed by atoms with Gasteiger partial charge in [-0.3, -0.25) is 0 Å². The third kappa shape index (κ3) is 5.07. The smallest absolute Gasteiger partial charge is 0.407 e. The van der Waals surface area contributed by atoms with E-state index in [0.29, 0.717) is 6.54 Å². The maximum atomic E-state index is 11.4. The largest absolute Gasteiger partial charge is 0.445 e. The number of terminal acetylenes is 1. The number of ether oxygens (including phenoxy) is 1. The normalized spacial score (nSPS) is 11.3. The number of carbonyl (C=O) groups is 1. The summed E-state index contributed by atoms with van der Waals surface area (Å²) in [6.07, 6.45) is 5.71. The van der Waals surface area contributed by atoms with Gasteiger partial charge in [-0.05, 0) is 12.0 Å². The summed E-state index contributed by atoms with van der Waals surface area (Å²) in [5.74, 6) is 2.68. The van der Waals surface area contributed by atoms with Crippen LogP contribution in [-0.2, 0) is 11.3 Å². The van der Waals surface area contributed by atoms with E-state index in [2.05, 4.69) is 11.2 Å². The molecule has 17 heavy (non-hydrogen) atoms. The fourth-order valence-corrected chi connectivity index (χ4v) is 1.30. The van der Waals surface area contributed by atoms with Crippen LogP contribution in [0.15, 0.2) is 30.3 Å². The molecular formula is C14H17NO2. The van der Waals surface area contributed by atoms with Crippen LogP contribution < -0.4 is 5.32 Å². The van der Waals surface area contributed by atoms with Gasteiger partial charge in [0.1, 0.15) is 6.61 Å². The summed E-state index contributed by atoms with van der Waals surface area (Å²) < 4.78 is 5.05. The second-order valence-electron chi connectivity index (χ2n) is 3.71. The van der Waals surface area contributed by atoms with Gasteiger partial charge in [-0.1, -0.05) is 37.3 Å². The van der Waals surface area contributed by atoms with Gasteiger partial charge in [0.15, 0.2) is 0 Å². The van der Waals surface area contributed by atoms with Crippen molar-refractivity contribution in [3.63, 3.8) is 0 Å². The van der Waals surface area contributed by atoms with Crippen LogP contribution in [0.3, 0.4) is 0 Å². The number of hydrogen-bond donors (Lipinski definition) is 1. The van der Waals surface area contributed by atoms with Gasteiger partial charge in [0.2, 0.25) is 0 Å². The minimum Gasteiger partial charge on any atom is -0.445 e. The highest BCUT2D eigenvalue weighted by molar-refractivity contribution is 5.67. The maximum Gasteiger partial charge on any atom is 0.407 e. The first-order chi connectivity index (χ1) is 8.26. The average Bonchev–Trinajstić information content (AvgIpc) is 2.39. The summed E-state index contributed by atoms with van der Waals surface area (Å²) in [5, 5.41) is 2.65. The summed E-state index contributed by atoms with van der Waals surface area (Å²) in [7, 11) is 0. The molecule has 0 saturated heterocycles. The van der Waals surface area contributed by atoms with Crippen molar-refractivity contribution < 1.29 is 9.53 Å². The Balaban J connectivity index is 2.25. The number of carbonyl (C=O) groups excluding carboxylic acids is 1. The molecule has 1 N–H and O–H groups in total. The number of hydrogen-bond acceptors (Lipinski definition) is 2. The lowest BCUT2D eigenvalue weighted by molar-refractivity contribution is 0.138. The molecule has 3 heteroatoms. The quantitative estimate of drug-likeness (QED) is 0.791. The number of benzene rings is 1. The average molecular weight is 231 g/mol. The van der Waals surface area contributed by atoms with Gasteiger partial charge >= 0.3 is 6.09 Å². The molecule has 90 valence electrons. The fraction of sp³-hybridized carbons (Fsp3) is 0.357. The zero-order chi connectivity index (χ0) is 12.5. The lowest BCUT2D eigenvalue weighted by atomic mass is 10.1. The van der Waals surface area contributed by atoms with Gasteiger partial charge in [-0.15, -0.1) is 12.3 Å². The third-order valence-electron chi connectivity index (χ3n) is 2.43. The Morgan fingerprint density at radius 3 is 2.76 bits per heavy atom. The van der Waals surface area contributed by atoms with Crippen molar-refractivity contribution in [2.75, 3.05) is 6.54 Å². The second-order valence-corrected chi connectivity index (χ2v) is 3.71. The van der Waals surface area contributed by atoms with E-state index in [4.69, 9.17) is 11.2 Å². The van der Waals surface area contributed by atoms with Crippen LogP contribution in [0.4, 0.5) is 4.79 Å². The van der Waals surface area contributed by atoms with E-state index in [0.717, 1.165) is 12.0 Å². The van der Waals surface area contributed by atoms with Crippen molar-refractivity contribution in [1.82, 2.24) is 5.32 Å². The molecule has 1 amide bonds. The van der Waals surface area contributed by atoms with Crippen LogP contribution in [-0.4, -0.2) is 12.6 Å². The zero-order valence-corrected chi connectivity index (χ0v) is 9.98. The molecule has 0 aromatic heterocycles. The predicted octanol–water partition coefficient (Wildman–Crippen LogP) is 2.57. The van der Waals surface area contributed by atoms with Crippen molar-refractivity contribution >= 4 is 6.09 Å². The maximum absolute atomic E-state index is 11.4. The summed E-state index contributed by atoms with van der Waals surface area (Å²) in [5.41, 5.74) is 0.964. The molecule has 0 fully saturated rings. The number of rotatable bonds is 5. The molecule has 0 saturated carbocycles. The van der Waals surface area contributed by atoms with Gasteiger partial charge in [0.05, 0.1) is 0 Å². The summed E-state index contributed by atoms with van der Waals surface area (Å²) in [4.78, 5) is 11.4. The van der Waals surface area contributed by atoms with E-state index < -0.39 is 6.09 Å². The van der Waals surface area contributed by atoms with Gasteiger partial charge in [-0.2, -0.15) is 0 Å². The third-order valence-corrected chi connectivity index (χ3v) is 2.43. The minimum atomic E-state index is -0.428. The summed E-state index contributed by atoms with van der Waals surface area (Å²) >= 11 is 0.